The lowest BCUT2D eigenvalue weighted by molar-refractivity contribution is 1.64. The Morgan fingerprint density at radius 1 is 1.33 bits per heavy atom. The summed E-state index contributed by atoms with van der Waals surface area (Å²) in [5.41, 5.74) is 2.79. The molecule has 0 fully saturated rings. The van der Waals surface area contributed by atoms with E-state index in [1.165, 1.54) is 0 Å². The summed E-state index contributed by atoms with van der Waals surface area (Å²) < 4.78 is 0. The molecule has 0 spiro atoms. The van der Waals surface area contributed by atoms with Crippen molar-refractivity contribution in [2.45, 2.75) is 6.92 Å². The maximum Gasteiger partial charge on any atom is 0.190 e. The molecule has 12 heavy (non-hydrogen) atoms. The van der Waals surface area contributed by atoms with Crippen LogP contribution in [0.4, 0.5) is 0 Å². The zero-order chi connectivity index (χ0) is 8.72. The highest BCUT2D eigenvalue weighted by Crippen LogP contribution is 2.26. The van der Waals surface area contributed by atoms with Crippen molar-refractivity contribution in [1.29, 1.82) is 0 Å². The molecule has 0 aromatic heterocycles. The molecule has 2 aromatic rings. The van der Waals surface area contributed by atoms with Crippen molar-refractivity contribution >= 4 is 11.6 Å². The van der Waals surface area contributed by atoms with Crippen LogP contribution in [0, 0.1) is 6.92 Å². The zero-order valence-corrected chi connectivity index (χ0v) is 7.35. The fraction of sp³-hybridized carbons (Fsp3) is 0.100. The number of hydrogen-bond donors (Lipinski definition) is 0. The van der Waals surface area contributed by atoms with E-state index in [2.05, 4.69) is 0 Å². The van der Waals surface area contributed by atoms with Gasteiger partial charge in [0.05, 0.1) is 0 Å². The van der Waals surface area contributed by atoms with Crippen molar-refractivity contribution < 1.29 is 0 Å². The smallest absolute Gasteiger partial charge is 0.190 e. The van der Waals surface area contributed by atoms with Gasteiger partial charge in [-0.2, -0.15) is 0 Å². The van der Waals surface area contributed by atoms with Crippen LogP contribution in [-0.2, 0) is 0 Å². The Morgan fingerprint density at radius 3 is 2.50 bits per heavy atom. The van der Waals surface area contributed by atoms with E-state index < -0.39 is 0 Å². The van der Waals surface area contributed by atoms with E-state index in [4.69, 9.17) is 11.6 Å². The van der Waals surface area contributed by atoms with E-state index in [0.717, 1.165) is 16.7 Å². The first-order chi connectivity index (χ1) is 5.70. The van der Waals surface area contributed by atoms with Gasteiger partial charge in [0, 0.05) is 16.1 Å². The van der Waals surface area contributed by atoms with Crippen LogP contribution >= 0.6 is 11.6 Å². The summed E-state index contributed by atoms with van der Waals surface area (Å²) in [7, 11) is 0. The van der Waals surface area contributed by atoms with Gasteiger partial charge in [-0.25, -0.2) is 0 Å². The monoisotopic (exact) mass is 178 g/mol. The molecule has 0 N–H and O–H groups in total. The lowest BCUT2D eigenvalue weighted by Gasteiger charge is -1.92. The van der Waals surface area contributed by atoms with Crippen molar-refractivity contribution in [3.8, 4) is 11.1 Å². The van der Waals surface area contributed by atoms with Crippen LogP contribution in [-0.4, -0.2) is 0 Å². The second kappa shape index (κ2) is 2.46. The third-order valence-corrected chi connectivity index (χ3v) is 2.23. The molecule has 0 aliphatic heterocycles. The van der Waals surface area contributed by atoms with E-state index >= 15 is 0 Å². The molecule has 2 aromatic carbocycles. The lowest BCUT2D eigenvalue weighted by atomic mass is 10.2. The Morgan fingerprint density at radius 2 is 2.00 bits per heavy atom. The standard InChI is InChI=1S/C10H7ClO/c1-6-9(10(6)12)7-3-2-4-8(11)5-7/h2-5H,1H3. The average molecular weight is 179 g/mol. The van der Waals surface area contributed by atoms with Gasteiger partial charge in [-0.15, -0.1) is 0 Å². The Bertz CT molecular complexity index is 436. The summed E-state index contributed by atoms with van der Waals surface area (Å²) in [6.45, 7) is 1.83. The molecule has 0 bridgehead atoms. The Kier molecular flexibility index (Phi) is 1.55. The molecule has 0 unspecified atom stereocenters. The van der Waals surface area contributed by atoms with Crippen LogP contribution in [0.1, 0.15) is 5.56 Å². The predicted octanol–water partition coefficient (Wildman–Crippen LogP) is 2.55. The number of rotatable bonds is 1. The largest absolute Gasteiger partial charge is 0.289 e. The third kappa shape index (κ3) is 1.07. The molecule has 0 aliphatic rings. The molecule has 0 heterocycles. The van der Waals surface area contributed by atoms with Crippen molar-refractivity contribution in [3.63, 3.8) is 0 Å². The van der Waals surface area contributed by atoms with E-state index in [9.17, 15) is 4.79 Å². The first-order valence-corrected chi connectivity index (χ1v) is 4.09. The minimum Gasteiger partial charge on any atom is -0.289 e. The normalized spacial score (nSPS) is 10.8. The topological polar surface area (TPSA) is 17.1 Å². The molecule has 0 saturated heterocycles. The van der Waals surface area contributed by atoms with Gasteiger partial charge in [0.2, 0.25) is 0 Å². The van der Waals surface area contributed by atoms with Crippen molar-refractivity contribution in [2.24, 2.45) is 0 Å². The average Bonchev–Trinajstić information content (AvgIpc) is 2.60. The summed E-state index contributed by atoms with van der Waals surface area (Å²) in [5.74, 6) is 0. The second-order valence-corrected chi connectivity index (χ2v) is 3.28. The summed E-state index contributed by atoms with van der Waals surface area (Å²) in [5, 5.41) is 0.674. The quantitative estimate of drug-likeness (QED) is 0.656. The highest BCUT2D eigenvalue weighted by atomic mass is 35.5. The number of halogens is 1. The first-order valence-electron chi connectivity index (χ1n) is 3.71. The molecule has 0 radical (unpaired) electrons. The van der Waals surface area contributed by atoms with Gasteiger partial charge in [-0.05, 0) is 24.6 Å². The Labute approximate surface area is 75.3 Å². The van der Waals surface area contributed by atoms with Gasteiger partial charge >= 0.3 is 0 Å². The van der Waals surface area contributed by atoms with Gasteiger partial charge in [-0.1, -0.05) is 23.7 Å². The minimum atomic E-state index is 0.164. The van der Waals surface area contributed by atoms with Gasteiger partial charge in [0.25, 0.3) is 0 Å². The van der Waals surface area contributed by atoms with Crippen molar-refractivity contribution in [2.75, 3.05) is 0 Å². The van der Waals surface area contributed by atoms with Gasteiger partial charge in [0.1, 0.15) is 0 Å². The van der Waals surface area contributed by atoms with Crippen LogP contribution in [0.25, 0.3) is 11.1 Å². The molecular formula is C10H7ClO. The predicted molar refractivity (Wildman–Crippen MR) is 50.3 cm³/mol. The van der Waals surface area contributed by atoms with Crippen LogP contribution in [0.15, 0.2) is 29.1 Å². The fourth-order valence-corrected chi connectivity index (χ4v) is 1.44. The van der Waals surface area contributed by atoms with Crippen molar-refractivity contribution in [3.05, 3.63) is 45.1 Å². The highest BCUT2D eigenvalue weighted by molar-refractivity contribution is 6.30. The van der Waals surface area contributed by atoms with E-state index in [0.29, 0.717) is 5.02 Å². The number of benzene rings is 1. The lowest BCUT2D eigenvalue weighted by Crippen LogP contribution is -1.76. The van der Waals surface area contributed by atoms with Crippen LogP contribution in [0.5, 0.6) is 0 Å². The molecule has 0 atom stereocenters. The SMILES string of the molecule is Cc1c(-c2cccc(Cl)c2)c1=O. The van der Waals surface area contributed by atoms with Crippen LogP contribution in [0.3, 0.4) is 0 Å². The Balaban J connectivity index is 2.50. The van der Waals surface area contributed by atoms with Gasteiger partial charge in [-0.3, -0.25) is 4.79 Å². The molecule has 0 amide bonds. The van der Waals surface area contributed by atoms with E-state index in [-0.39, 0.29) is 5.43 Å². The molecular weight excluding hydrogens is 172 g/mol. The fourth-order valence-electron chi connectivity index (χ4n) is 1.25. The minimum absolute atomic E-state index is 0.164. The summed E-state index contributed by atoms with van der Waals surface area (Å²) in [6, 6.07) is 7.36. The Hall–Kier alpha value is -1.08. The third-order valence-electron chi connectivity index (χ3n) is 1.99. The van der Waals surface area contributed by atoms with E-state index in [1.807, 2.05) is 25.1 Å². The maximum absolute atomic E-state index is 11.0. The molecule has 0 saturated carbocycles. The molecule has 2 rings (SSSR count). The van der Waals surface area contributed by atoms with Crippen LogP contribution < -0.4 is 5.43 Å². The summed E-state index contributed by atoms with van der Waals surface area (Å²) in [6.07, 6.45) is 0. The van der Waals surface area contributed by atoms with Gasteiger partial charge < -0.3 is 0 Å². The van der Waals surface area contributed by atoms with E-state index in [1.54, 1.807) is 6.07 Å². The highest BCUT2D eigenvalue weighted by Gasteiger charge is 2.18. The zero-order valence-electron chi connectivity index (χ0n) is 6.60. The molecule has 1 nitrogen and oxygen atoms in total. The molecule has 0 aliphatic carbocycles. The second-order valence-electron chi connectivity index (χ2n) is 2.84. The van der Waals surface area contributed by atoms with Crippen LogP contribution in [0.2, 0.25) is 5.02 Å². The van der Waals surface area contributed by atoms with Crippen molar-refractivity contribution in [1.82, 2.24) is 0 Å². The molecule has 2 heteroatoms. The first kappa shape index (κ1) is 7.56. The van der Waals surface area contributed by atoms with Gasteiger partial charge in [0.15, 0.2) is 5.43 Å². The summed E-state index contributed by atoms with van der Waals surface area (Å²) >= 11 is 5.78. The maximum atomic E-state index is 11.0. The summed E-state index contributed by atoms with van der Waals surface area (Å²) in [4.78, 5) is 11.0. The number of hydrogen-bond acceptors (Lipinski definition) is 1. The molecule has 60 valence electrons.